The van der Waals surface area contributed by atoms with Crippen molar-refractivity contribution in [2.24, 2.45) is 0 Å². The second kappa shape index (κ2) is 9.88. The maximum atomic E-state index is 13.1. The average Bonchev–Trinajstić information content (AvgIpc) is 3.42. The van der Waals surface area contributed by atoms with E-state index < -0.39 is 0 Å². The first-order valence-corrected chi connectivity index (χ1v) is 11.1. The van der Waals surface area contributed by atoms with Gasteiger partial charge in [-0.2, -0.15) is 0 Å². The minimum Gasteiger partial charge on any atom is -0.360 e. The van der Waals surface area contributed by atoms with Crippen molar-refractivity contribution >= 4 is 35.0 Å². The summed E-state index contributed by atoms with van der Waals surface area (Å²) in [5, 5.41) is 6.46. The van der Waals surface area contributed by atoms with Crippen LogP contribution in [0.5, 0.6) is 0 Å². The lowest BCUT2D eigenvalue weighted by Gasteiger charge is -2.33. The van der Waals surface area contributed by atoms with E-state index in [1.165, 1.54) is 12.1 Å². The molecule has 1 aromatic carbocycles. The summed E-state index contributed by atoms with van der Waals surface area (Å²) < 4.78 is 18.0. The van der Waals surface area contributed by atoms with E-state index >= 15 is 0 Å². The molecular formula is C23H23FN4O3S. The number of nitrogens with one attached hydrogen (secondary N) is 1. The first kappa shape index (κ1) is 21.9. The largest absolute Gasteiger partial charge is 0.360 e. The lowest BCUT2D eigenvalue weighted by Crippen LogP contribution is -2.50. The molecule has 1 saturated heterocycles. The summed E-state index contributed by atoms with van der Waals surface area (Å²) in [5.74, 6) is 0.565. The van der Waals surface area contributed by atoms with E-state index in [9.17, 15) is 14.0 Å². The number of halogens is 1. The smallest absolute Gasteiger partial charge is 0.246 e. The first-order valence-electron chi connectivity index (χ1n) is 10.2. The maximum absolute atomic E-state index is 13.1. The summed E-state index contributed by atoms with van der Waals surface area (Å²) in [5.41, 5.74) is 0.946. The van der Waals surface area contributed by atoms with Gasteiger partial charge < -0.3 is 14.7 Å². The fraction of sp³-hybridized carbons (Fsp3) is 0.261. The van der Waals surface area contributed by atoms with Crippen molar-refractivity contribution in [1.29, 1.82) is 0 Å². The molecule has 0 saturated carbocycles. The Morgan fingerprint density at radius 2 is 1.91 bits per heavy atom. The minimum atomic E-state index is -0.262. The highest BCUT2D eigenvalue weighted by molar-refractivity contribution is 7.16. The Balaban J connectivity index is 1.24. The molecule has 1 aliphatic heterocycles. The van der Waals surface area contributed by atoms with Crippen LogP contribution in [0.2, 0.25) is 0 Å². The number of carbonyl (C=O) groups excluding carboxylic acids is 2. The van der Waals surface area contributed by atoms with Gasteiger partial charge in [-0.1, -0.05) is 17.3 Å². The number of thiophene rings is 1. The third-order valence-corrected chi connectivity index (χ3v) is 6.19. The van der Waals surface area contributed by atoms with Crippen LogP contribution in [0.25, 0.3) is 16.5 Å². The van der Waals surface area contributed by atoms with Crippen LogP contribution < -0.4 is 5.32 Å². The number of nitrogens with zero attached hydrogens (tertiary/aromatic N) is 3. The van der Waals surface area contributed by atoms with Gasteiger partial charge in [0.25, 0.3) is 0 Å². The van der Waals surface area contributed by atoms with Crippen molar-refractivity contribution in [1.82, 2.24) is 15.0 Å². The molecule has 3 heterocycles. The van der Waals surface area contributed by atoms with E-state index in [1.807, 2.05) is 17.0 Å². The van der Waals surface area contributed by atoms with Crippen molar-refractivity contribution < 1.29 is 18.5 Å². The van der Waals surface area contributed by atoms with Crippen LogP contribution in [0.3, 0.4) is 0 Å². The molecule has 2 aromatic heterocycles. The zero-order chi connectivity index (χ0) is 22.5. The van der Waals surface area contributed by atoms with Crippen LogP contribution in [0.15, 0.2) is 53.1 Å². The third kappa shape index (κ3) is 5.68. The molecule has 0 aliphatic carbocycles. The molecular weight excluding hydrogens is 431 g/mol. The lowest BCUT2D eigenvalue weighted by molar-refractivity contribution is -0.127. The Kier molecular flexibility index (Phi) is 6.77. The van der Waals surface area contributed by atoms with Gasteiger partial charge in [-0.15, -0.1) is 11.3 Å². The number of piperazine rings is 1. The highest BCUT2D eigenvalue weighted by Gasteiger charge is 2.21. The monoisotopic (exact) mass is 454 g/mol. The Morgan fingerprint density at radius 3 is 2.59 bits per heavy atom. The Morgan fingerprint density at radius 1 is 1.16 bits per heavy atom. The molecule has 0 bridgehead atoms. The molecule has 2 amide bonds. The molecule has 9 heteroatoms. The minimum absolute atomic E-state index is 0.0519. The van der Waals surface area contributed by atoms with Crippen LogP contribution in [0, 0.1) is 12.7 Å². The molecule has 1 aliphatic rings. The maximum Gasteiger partial charge on any atom is 0.246 e. The molecule has 1 fully saturated rings. The number of amides is 2. The number of hydrogen-bond donors (Lipinski definition) is 1. The van der Waals surface area contributed by atoms with Gasteiger partial charge in [0.2, 0.25) is 11.8 Å². The van der Waals surface area contributed by atoms with Crippen LogP contribution >= 0.6 is 11.3 Å². The molecule has 4 rings (SSSR count). The van der Waals surface area contributed by atoms with Gasteiger partial charge in [0, 0.05) is 48.1 Å². The molecule has 32 heavy (non-hydrogen) atoms. The molecule has 0 unspecified atom stereocenters. The van der Waals surface area contributed by atoms with Gasteiger partial charge in [-0.05, 0) is 42.8 Å². The van der Waals surface area contributed by atoms with Crippen LogP contribution in [-0.4, -0.2) is 59.5 Å². The van der Waals surface area contributed by atoms with Gasteiger partial charge in [0.05, 0.1) is 6.54 Å². The van der Waals surface area contributed by atoms with Gasteiger partial charge in [0.15, 0.2) is 5.82 Å². The second-order valence-electron chi connectivity index (χ2n) is 7.51. The van der Waals surface area contributed by atoms with Gasteiger partial charge in [-0.3, -0.25) is 14.5 Å². The zero-order valence-corrected chi connectivity index (χ0v) is 18.4. The van der Waals surface area contributed by atoms with Crippen molar-refractivity contribution in [3.63, 3.8) is 0 Å². The van der Waals surface area contributed by atoms with E-state index in [2.05, 4.69) is 10.5 Å². The average molecular weight is 455 g/mol. The van der Waals surface area contributed by atoms with Crippen molar-refractivity contribution in [2.75, 3.05) is 38.0 Å². The van der Waals surface area contributed by atoms with E-state index in [4.69, 9.17) is 4.52 Å². The molecule has 7 nitrogen and oxygen atoms in total. The molecule has 0 atom stereocenters. The first-order chi connectivity index (χ1) is 15.5. The number of carbonyl (C=O) groups is 2. The summed E-state index contributed by atoms with van der Waals surface area (Å²) in [6, 6.07) is 11.9. The number of rotatable bonds is 6. The number of anilines is 1. The quantitative estimate of drug-likeness (QED) is 0.576. The lowest BCUT2D eigenvalue weighted by atomic mass is 10.2. The van der Waals surface area contributed by atoms with E-state index in [1.54, 1.807) is 53.5 Å². The molecule has 0 radical (unpaired) electrons. The third-order valence-electron chi connectivity index (χ3n) is 5.09. The van der Waals surface area contributed by atoms with Crippen molar-refractivity contribution in [2.45, 2.75) is 6.92 Å². The number of benzene rings is 1. The number of aromatic nitrogens is 1. The normalized spacial score (nSPS) is 14.8. The Hall–Kier alpha value is -3.30. The fourth-order valence-corrected chi connectivity index (χ4v) is 4.32. The predicted octanol–water partition coefficient (Wildman–Crippen LogP) is 3.65. The van der Waals surface area contributed by atoms with E-state index in [0.717, 1.165) is 15.3 Å². The fourth-order valence-electron chi connectivity index (χ4n) is 3.41. The predicted molar refractivity (Wildman–Crippen MR) is 122 cm³/mol. The zero-order valence-electron chi connectivity index (χ0n) is 17.6. The van der Waals surface area contributed by atoms with Gasteiger partial charge >= 0.3 is 0 Å². The Bertz CT molecular complexity index is 1110. The summed E-state index contributed by atoms with van der Waals surface area (Å²) >= 11 is 1.55. The van der Waals surface area contributed by atoms with Crippen molar-refractivity contribution in [3.8, 4) is 10.4 Å². The van der Waals surface area contributed by atoms with Gasteiger partial charge in [0.1, 0.15) is 11.6 Å². The molecule has 166 valence electrons. The van der Waals surface area contributed by atoms with Crippen LogP contribution in [0.1, 0.15) is 10.6 Å². The summed E-state index contributed by atoms with van der Waals surface area (Å²) in [6.07, 6.45) is 3.38. The van der Waals surface area contributed by atoms with E-state index in [0.29, 0.717) is 37.8 Å². The van der Waals surface area contributed by atoms with Crippen LogP contribution in [-0.2, 0) is 9.59 Å². The van der Waals surface area contributed by atoms with Crippen LogP contribution in [0.4, 0.5) is 10.2 Å². The Labute approximate surface area is 189 Å². The highest BCUT2D eigenvalue weighted by atomic mass is 32.1. The van der Waals surface area contributed by atoms with E-state index in [-0.39, 0.29) is 24.2 Å². The summed E-state index contributed by atoms with van der Waals surface area (Å²) in [4.78, 5) is 30.4. The number of hydrogen-bond acceptors (Lipinski definition) is 6. The SMILES string of the molecule is Cc1cc(NC(=O)CN2CCN(C(=O)/C=C/c3ccc(-c4ccc(F)cc4)s3)CC2)no1. The summed E-state index contributed by atoms with van der Waals surface area (Å²) in [6.45, 7) is 4.37. The molecule has 3 aromatic rings. The van der Waals surface area contributed by atoms with Gasteiger partial charge in [-0.25, -0.2) is 4.39 Å². The molecule has 1 N–H and O–H groups in total. The van der Waals surface area contributed by atoms with Crippen molar-refractivity contribution in [3.05, 3.63) is 65.0 Å². The standard InChI is InChI=1S/C23H23FN4O3S/c1-16-14-21(26-31-16)25-22(29)15-27-10-12-28(13-11-27)23(30)9-7-19-6-8-20(32-19)17-2-4-18(24)5-3-17/h2-9,14H,10-13,15H2,1H3,(H,25,26,29)/b9-7+. The molecule has 0 spiro atoms. The number of aryl methyl sites for hydroxylation is 1. The second-order valence-corrected chi connectivity index (χ2v) is 8.63. The highest BCUT2D eigenvalue weighted by Crippen LogP contribution is 2.29. The topological polar surface area (TPSA) is 78.7 Å². The summed E-state index contributed by atoms with van der Waals surface area (Å²) in [7, 11) is 0.